The number of para-hydroxylation sites is 2. The Hall–Kier alpha value is -1.54. The zero-order valence-electron chi connectivity index (χ0n) is 17.6. The van der Waals surface area contributed by atoms with Gasteiger partial charge < -0.3 is 9.47 Å². The van der Waals surface area contributed by atoms with Crippen molar-refractivity contribution < 1.29 is 13.2 Å². The van der Waals surface area contributed by atoms with Crippen LogP contribution >= 0.6 is 11.8 Å². The summed E-state index contributed by atoms with van der Waals surface area (Å²) in [5.74, 6) is 0.609. The van der Waals surface area contributed by atoms with E-state index in [4.69, 9.17) is 4.98 Å². The first kappa shape index (κ1) is 21.7. The molecule has 2 aromatic rings. The van der Waals surface area contributed by atoms with Crippen molar-refractivity contribution in [2.24, 2.45) is 0 Å². The van der Waals surface area contributed by atoms with E-state index in [1.165, 1.54) is 31.0 Å². The molecule has 1 amide bonds. The normalized spacial score (nSPS) is 21.8. The molecule has 2 fully saturated rings. The quantitative estimate of drug-likeness (QED) is 0.596. The number of carbonyl (C=O) groups is 1. The van der Waals surface area contributed by atoms with Crippen LogP contribution in [0.25, 0.3) is 11.0 Å². The van der Waals surface area contributed by atoms with E-state index in [9.17, 15) is 13.2 Å². The van der Waals surface area contributed by atoms with Gasteiger partial charge in [-0.1, -0.05) is 50.1 Å². The van der Waals surface area contributed by atoms with E-state index in [0.717, 1.165) is 35.5 Å². The summed E-state index contributed by atoms with van der Waals surface area (Å²) in [4.78, 5) is 19.7. The molecule has 0 spiro atoms. The molecule has 1 saturated carbocycles. The van der Waals surface area contributed by atoms with Crippen LogP contribution in [0.3, 0.4) is 0 Å². The third-order valence-electron chi connectivity index (χ3n) is 6.26. The number of imidazole rings is 1. The van der Waals surface area contributed by atoms with Crippen molar-refractivity contribution in [2.45, 2.75) is 69.1 Å². The van der Waals surface area contributed by atoms with Gasteiger partial charge in [0.05, 0.1) is 28.3 Å². The van der Waals surface area contributed by atoms with Gasteiger partial charge >= 0.3 is 0 Å². The third kappa shape index (κ3) is 4.69. The lowest BCUT2D eigenvalue weighted by Crippen LogP contribution is -2.42. The first-order valence-electron chi connectivity index (χ1n) is 11.1. The second kappa shape index (κ2) is 9.30. The first-order chi connectivity index (χ1) is 14.5. The standard InChI is InChI=1S/C22H31N3O3S2/c1-2-13-24(18-12-14-30(27,28)16-18)21(26)15-29-22-23-19-10-6-7-11-20(19)25(22)17-8-4-3-5-9-17/h6-7,10-11,17-18H,2-5,8-9,12-16H2,1H3/t18-/m1/s1. The average Bonchev–Trinajstić information content (AvgIpc) is 3.30. The average molecular weight is 450 g/mol. The fourth-order valence-corrected chi connectivity index (χ4v) is 7.50. The number of hydrogen-bond acceptors (Lipinski definition) is 5. The van der Waals surface area contributed by atoms with Crippen molar-refractivity contribution >= 4 is 38.5 Å². The lowest BCUT2D eigenvalue weighted by molar-refractivity contribution is -0.130. The molecule has 4 rings (SSSR count). The van der Waals surface area contributed by atoms with Crippen LogP contribution in [-0.2, 0) is 14.6 Å². The first-order valence-corrected chi connectivity index (χ1v) is 13.9. The molecule has 2 aliphatic rings. The highest BCUT2D eigenvalue weighted by molar-refractivity contribution is 7.99. The van der Waals surface area contributed by atoms with Crippen molar-refractivity contribution in [3.63, 3.8) is 0 Å². The zero-order chi connectivity index (χ0) is 21.1. The number of sulfone groups is 1. The van der Waals surface area contributed by atoms with Gasteiger partial charge in [0.1, 0.15) is 0 Å². The van der Waals surface area contributed by atoms with E-state index in [0.29, 0.717) is 24.8 Å². The Balaban J connectivity index is 1.53. The number of rotatable bonds is 7. The minimum absolute atomic E-state index is 0.0196. The molecule has 1 aromatic heterocycles. The molecule has 30 heavy (non-hydrogen) atoms. The molecule has 1 aliphatic heterocycles. The van der Waals surface area contributed by atoms with E-state index in [1.807, 2.05) is 25.1 Å². The van der Waals surface area contributed by atoms with Crippen molar-refractivity contribution in [1.29, 1.82) is 0 Å². The van der Waals surface area contributed by atoms with Crippen LogP contribution < -0.4 is 0 Å². The molecule has 0 unspecified atom stereocenters. The van der Waals surface area contributed by atoms with Gasteiger partial charge in [-0.3, -0.25) is 4.79 Å². The van der Waals surface area contributed by atoms with E-state index in [-0.39, 0.29) is 23.5 Å². The van der Waals surface area contributed by atoms with Crippen LogP contribution in [0.4, 0.5) is 0 Å². The number of hydrogen-bond donors (Lipinski definition) is 0. The number of carbonyl (C=O) groups excluding carboxylic acids is 1. The topological polar surface area (TPSA) is 72.3 Å². The molecule has 0 bridgehead atoms. The Kier molecular flexibility index (Phi) is 6.72. The Labute approximate surface area is 183 Å². The van der Waals surface area contributed by atoms with Crippen LogP contribution in [0, 0.1) is 0 Å². The monoisotopic (exact) mass is 449 g/mol. The van der Waals surface area contributed by atoms with E-state index < -0.39 is 9.84 Å². The SMILES string of the molecule is CCCN(C(=O)CSc1nc2ccccc2n1C1CCCCC1)[C@@H]1CCS(=O)(=O)C1. The van der Waals surface area contributed by atoms with Gasteiger partial charge in [-0.2, -0.15) is 0 Å². The molecule has 164 valence electrons. The fraction of sp³-hybridized carbons (Fsp3) is 0.636. The number of aromatic nitrogens is 2. The predicted molar refractivity (Wildman–Crippen MR) is 122 cm³/mol. The van der Waals surface area contributed by atoms with Gasteiger partial charge in [0.25, 0.3) is 0 Å². The molecule has 6 nitrogen and oxygen atoms in total. The van der Waals surface area contributed by atoms with Gasteiger partial charge in [0.15, 0.2) is 15.0 Å². The molecule has 0 N–H and O–H groups in total. The minimum atomic E-state index is -3.02. The lowest BCUT2D eigenvalue weighted by Gasteiger charge is -2.28. The van der Waals surface area contributed by atoms with Crippen molar-refractivity contribution in [3.05, 3.63) is 24.3 Å². The Morgan fingerprint density at radius 3 is 2.67 bits per heavy atom. The number of nitrogens with zero attached hydrogens (tertiary/aromatic N) is 3. The maximum atomic E-state index is 13.1. The molecule has 1 aliphatic carbocycles. The minimum Gasteiger partial charge on any atom is -0.338 e. The van der Waals surface area contributed by atoms with E-state index >= 15 is 0 Å². The Bertz CT molecular complexity index is 996. The second-order valence-electron chi connectivity index (χ2n) is 8.48. The summed E-state index contributed by atoms with van der Waals surface area (Å²) in [6, 6.07) is 8.47. The number of amides is 1. The van der Waals surface area contributed by atoms with Crippen LogP contribution in [0.1, 0.15) is 57.9 Å². The molecule has 8 heteroatoms. The van der Waals surface area contributed by atoms with Gasteiger partial charge in [-0.15, -0.1) is 0 Å². The second-order valence-corrected chi connectivity index (χ2v) is 11.6. The van der Waals surface area contributed by atoms with E-state index in [1.54, 1.807) is 4.90 Å². The summed E-state index contributed by atoms with van der Waals surface area (Å²) in [5.41, 5.74) is 2.12. The molecule has 1 saturated heterocycles. The Morgan fingerprint density at radius 1 is 1.20 bits per heavy atom. The smallest absolute Gasteiger partial charge is 0.233 e. The molecular formula is C22H31N3O3S2. The summed E-state index contributed by atoms with van der Waals surface area (Å²) in [7, 11) is -3.02. The molecule has 1 aromatic carbocycles. The highest BCUT2D eigenvalue weighted by Crippen LogP contribution is 2.35. The van der Waals surface area contributed by atoms with Gasteiger partial charge in [-0.05, 0) is 37.8 Å². The number of thioether (sulfide) groups is 1. The summed E-state index contributed by atoms with van der Waals surface area (Å²) in [5, 5.41) is 0.909. The van der Waals surface area contributed by atoms with Crippen molar-refractivity contribution in [3.8, 4) is 0 Å². The van der Waals surface area contributed by atoms with Gasteiger partial charge in [-0.25, -0.2) is 13.4 Å². The third-order valence-corrected chi connectivity index (χ3v) is 8.95. The van der Waals surface area contributed by atoms with Crippen molar-refractivity contribution in [2.75, 3.05) is 23.8 Å². The lowest BCUT2D eigenvalue weighted by atomic mass is 9.95. The zero-order valence-corrected chi connectivity index (χ0v) is 19.3. The summed E-state index contributed by atoms with van der Waals surface area (Å²) in [6.45, 7) is 2.64. The fourth-order valence-electron chi connectivity index (χ4n) is 4.80. The largest absolute Gasteiger partial charge is 0.338 e. The number of benzene rings is 1. The molecule has 0 radical (unpaired) electrons. The number of fused-ring (bicyclic) bond motifs is 1. The summed E-state index contributed by atoms with van der Waals surface area (Å²) in [6.07, 6.45) is 7.46. The predicted octanol–water partition coefficient (Wildman–Crippen LogP) is 4.06. The highest BCUT2D eigenvalue weighted by Gasteiger charge is 2.34. The van der Waals surface area contributed by atoms with Crippen LogP contribution in [0.2, 0.25) is 0 Å². The van der Waals surface area contributed by atoms with Crippen LogP contribution in [0.5, 0.6) is 0 Å². The summed E-state index contributed by atoms with van der Waals surface area (Å²) < 4.78 is 26.2. The maximum absolute atomic E-state index is 13.1. The van der Waals surface area contributed by atoms with Gasteiger partial charge in [0.2, 0.25) is 5.91 Å². The van der Waals surface area contributed by atoms with Crippen molar-refractivity contribution in [1.82, 2.24) is 14.5 Å². The van der Waals surface area contributed by atoms with Gasteiger partial charge in [0, 0.05) is 18.6 Å². The van der Waals surface area contributed by atoms with Crippen LogP contribution in [0.15, 0.2) is 29.4 Å². The Morgan fingerprint density at radius 2 is 1.97 bits per heavy atom. The molecular weight excluding hydrogens is 418 g/mol. The van der Waals surface area contributed by atoms with Crippen LogP contribution in [-0.4, -0.2) is 58.6 Å². The highest BCUT2D eigenvalue weighted by atomic mass is 32.2. The van der Waals surface area contributed by atoms with E-state index in [2.05, 4.69) is 10.6 Å². The molecule has 2 heterocycles. The molecule has 1 atom stereocenters. The maximum Gasteiger partial charge on any atom is 0.233 e. The summed E-state index contributed by atoms with van der Waals surface area (Å²) >= 11 is 1.50.